The third kappa shape index (κ3) is 3.40. The summed E-state index contributed by atoms with van der Waals surface area (Å²) in [6.45, 7) is 1.63. The molecule has 0 saturated carbocycles. The van der Waals surface area contributed by atoms with Crippen molar-refractivity contribution >= 4 is 22.6 Å². The van der Waals surface area contributed by atoms with Crippen LogP contribution in [0.3, 0.4) is 0 Å². The Balaban J connectivity index is 1.56. The Labute approximate surface area is 157 Å². The average Bonchev–Trinajstić information content (AvgIpc) is 3.02. The van der Waals surface area contributed by atoms with Gasteiger partial charge < -0.3 is 19.7 Å². The molecular weight excluding hydrogens is 344 g/mol. The number of amides is 2. The van der Waals surface area contributed by atoms with Crippen molar-refractivity contribution in [3.8, 4) is 11.5 Å². The van der Waals surface area contributed by atoms with Crippen LogP contribution in [-0.4, -0.2) is 41.0 Å². The number of rotatable bonds is 2. The van der Waals surface area contributed by atoms with Crippen LogP contribution in [0.5, 0.6) is 11.5 Å². The number of hydrogen-bond donors (Lipinski definition) is 1. The second-order valence-corrected chi connectivity index (χ2v) is 6.54. The molecule has 0 saturated heterocycles. The summed E-state index contributed by atoms with van der Waals surface area (Å²) in [5, 5.41) is 8.28. The maximum atomic E-state index is 12.9. The number of carbonyl (C=O) groups is 1. The van der Waals surface area contributed by atoms with Crippen molar-refractivity contribution in [1.82, 2.24) is 14.7 Å². The summed E-state index contributed by atoms with van der Waals surface area (Å²) in [6, 6.07) is 11.4. The fourth-order valence-corrected chi connectivity index (χ4v) is 3.32. The number of aryl methyl sites for hydroxylation is 1. The minimum absolute atomic E-state index is 0.132. The predicted molar refractivity (Wildman–Crippen MR) is 103 cm³/mol. The number of anilines is 1. The van der Waals surface area contributed by atoms with Gasteiger partial charge in [0.1, 0.15) is 0 Å². The second kappa shape index (κ2) is 7.19. The molecule has 0 spiro atoms. The van der Waals surface area contributed by atoms with E-state index in [1.165, 1.54) is 0 Å². The number of methoxy groups -OCH3 is 1. The van der Waals surface area contributed by atoms with E-state index in [0.717, 1.165) is 28.6 Å². The summed E-state index contributed by atoms with van der Waals surface area (Å²) >= 11 is 0. The lowest BCUT2D eigenvalue weighted by molar-refractivity contribution is 0.191. The lowest BCUT2D eigenvalue weighted by atomic mass is 10.1. The van der Waals surface area contributed by atoms with Gasteiger partial charge >= 0.3 is 6.03 Å². The number of ether oxygens (including phenoxy) is 2. The highest BCUT2D eigenvalue weighted by atomic mass is 16.5. The SMILES string of the molecule is COc1cccc2c1OCCCN(C(=O)Nc1ccc3cnn(C)c3c1)C2. The van der Waals surface area contributed by atoms with Gasteiger partial charge in [-0.3, -0.25) is 4.68 Å². The molecule has 1 N–H and O–H groups in total. The molecule has 4 rings (SSSR count). The van der Waals surface area contributed by atoms with Crippen molar-refractivity contribution < 1.29 is 14.3 Å². The molecule has 2 aromatic carbocycles. The first kappa shape index (κ1) is 17.2. The molecule has 27 heavy (non-hydrogen) atoms. The van der Waals surface area contributed by atoms with Gasteiger partial charge in [-0.05, 0) is 30.7 Å². The van der Waals surface area contributed by atoms with Gasteiger partial charge in [0.05, 0.1) is 32.0 Å². The molecule has 7 nitrogen and oxygen atoms in total. The summed E-state index contributed by atoms with van der Waals surface area (Å²) in [4.78, 5) is 14.7. The van der Waals surface area contributed by atoms with Gasteiger partial charge in [-0.1, -0.05) is 12.1 Å². The zero-order valence-corrected chi connectivity index (χ0v) is 15.4. The number of aromatic nitrogens is 2. The largest absolute Gasteiger partial charge is 0.493 e. The Morgan fingerprint density at radius 2 is 2.19 bits per heavy atom. The Kier molecular flexibility index (Phi) is 4.58. The number of fused-ring (bicyclic) bond motifs is 2. The van der Waals surface area contributed by atoms with E-state index in [1.807, 2.05) is 49.6 Å². The van der Waals surface area contributed by atoms with Crippen LogP contribution in [0.15, 0.2) is 42.6 Å². The number of urea groups is 1. The number of nitrogens with zero attached hydrogens (tertiary/aromatic N) is 3. The summed E-state index contributed by atoms with van der Waals surface area (Å²) in [7, 11) is 3.51. The molecule has 0 aliphatic carbocycles. The first-order valence-corrected chi connectivity index (χ1v) is 8.92. The lowest BCUT2D eigenvalue weighted by Gasteiger charge is -2.27. The number of para-hydroxylation sites is 1. The van der Waals surface area contributed by atoms with Gasteiger partial charge in [0.15, 0.2) is 11.5 Å². The van der Waals surface area contributed by atoms with Gasteiger partial charge in [-0.2, -0.15) is 5.10 Å². The molecule has 1 aliphatic rings. The van der Waals surface area contributed by atoms with Gasteiger partial charge in [0.25, 0.3) is 0 Å². The third-order valence-electron chi connectivity index (χ3n) is 4.75. The van der Waals surface area contributed by atoms with Crippen LogP contribution in [0.2, 0.25) is 0 Å². The van der Waals surface area contributed by atoms with E-state index in [0.29, 0.717) is 31.2 Å². The fourth-order valence-electron chi connectivity index (χ4n) is 3.32. The number of nitrogens with one attached hydrogen (secondary N) is 1. The quantitative estimate of drug-likeness (QED) is 0.755. The van der Waals surface area contributed by atoms with Crippen molar-refractivity contribution in [2.45, 2.75) is 13.0 Å². The van der Waals surface area contributed by atoms with Crippen molar-refractivity contribution in [3.05, 3.63) is 48.2 Å². The van der Waals surface area contributed by atoms with Gasteiger partial charge in [0.2, 0.25) is 0 Å². The maximum Gasteiger partial charge on any atom is 0.322 e. The second-order valence-electron chi connectivity index (χ2n) is 6.54. The van der Waals surface area contributed by atoms with Crippen molar-refractivity contribution in [1.29, 1.82) is 0 Å². The van der Waals surface area contributed by atoms with Crippen LogP contribution in [0.1, 0.15) is 12.0 Å². The van der Waals surface area contributed by atoms with E-state index in [1.54, 1.807) is 16.7 Å². The molecule has 3 aromatic rings. The summed E-state index contributed by atoms with van der Waals surface area (Å²) in [6.07, 6.45) is 2.56. The van der Waals surface area contributed by atoms with Crippen LogP contribution in [0, 0.1) is 0 Å². The molecule has 140 valence electrons. The summed E-state index contributed by atoms with van der Waals surface area (Å²) < 4.78 is 13.0. The van der Waals surface area contributed by atoms with Gasteiger partial charge in [0, 0.05) is 30.2 Å². The number of benzene rings is 2. The van der Waals surface area contributed by atoms with Crippen LogP contribution in [0.4, 0.5) is 10.5 Å². The van der Waals surface area contributed by atoms with Crippen LogP contribution in [-0.2, 0) is 13.6 Å². The Morgan fingerprint density at radius 1 is 1.30 bits per heavy atom. The summed E-state index contributed by atoms with van der Waals surface area (Å²) in [5.41, 5.74) is 2.66. The fraction of sp³-hybridized carbons (Fsp3) is 0.300. The smallest absolute Gasteiger partial charge is 0.322 e. The van der Waals surface area contributed by atoms with Crippen LogP contribution in [0.25, 0.3) is 10.9 Å². The monoisotopic (exact) mass is 366 g/mol. The highest BCUT2D eigenvalue weighted by Gasteiger charge is 2.21. The van der Waals surface area contributed by atoms with Crippen LogP contribution < -0.4 is 14.8 Å². The van der Waals surface area contributed by atoms with E-state index in [9.17, 15) is 4.79 Å². The normalized spacial score (nSPS) is 14.1. The summed E-state index contributed by atoms with van der Waals surface area (Å²) in [5.74, 6) is 1.41. The third-order valence-corrected chi connectivity index (χ3v) is 4.75. The first-order chi connectivity index (χ1) is 13.2. The zero-order valence-electron chi connectivity index (χ0n) is 15.4. The Hall–Kier alpha value is -3.22. The molecule has 0 unspecified atom stereocenters. The molecule has 2 heterocycles. The lowest BCUT2D eigenvalue weighted by Crippen LogP contribution is -2.37. The van der Waals surface area contributed by atoms with E-state index < -0.39 is 0 Å². The molecule has 0 fully saturated rings. The number of hydrogen-bond acceptors (Lipinski definition) is 4. The van der Waals surface area contributed by atoms with Crippen molar-refractivity contribution in [2.75, 3.05) is 25.6 Å². The van der Waals surface area contributed by atoms with Crippen molar-refractivity contribution in [3.63, 3.8) is 0 Å². The molecule has 0 bridgehead atoms. The first-order valence-electron chi connectivity index (χ1n) is 8.92. The standard InChI is InChI=1S/C20H22N4O3/c1-23-17-11-16(8-7-14(17)12-21-23)22-20(25)24-9-4-10-27-19-15(13-24)5-3-6-18(19)26-2/h3,5-8,11-12H,4,9-10,13H2,1-2H3,(H,22,25). The Bertz CT molecular complexity index is 983. The molecule has 0 atom stereocenters. The van der Waals surface area contributed by atoms with E-state index in [2.05, 4.69) is 10.4 Å². The number of carbonyl (C=O) groups excluding carboxylic acids is 1. The highest BCUT2D eigenvalue weighted by Crippen LogP contribution is 2.33. The van der Waals surface area contributed by atoms with Crippen LogP contribution >= 0.6 is 0 Å². The van der Waals surface area contributed by atoms with Gasteiger partial charge in [-0.25, -0.2) is 4.79 Å². The topological polar surface area (TPSA) is 68.6 Å². The molecular formula is C20H22N4O3. The zero-order chi connectivity index (χ0) is 18.8. The molecule has 1 aliphatic heterocycles. The van der Waals surface area contributed by atoms with E-state index in [-0.39, 0.29) is 6.03 Å². The minimum Gasteiger partial charge on any atom is -0.493 e. The van der Waals surface area contributed by atoms with E-state index in [4.69, 9.17) is 9.47 Å². The maximum absolute atomic E-state index is 12.9. The van der Waals surface area contributed by atoms with E-state index >= 15 is 0 Å². The molecule has 7 heteroatoms. The predicted octanol–water partition coefficient (Wildman–Crippen LogP) is 3.40. The van der Waals surface area contributed by atoms with Crippen molar-refractivity contribution in [2.24, 2.45) is 7.05 Å². The molecule has 1 aromatic heterocycles. The Morgan fingerprint density at radius 3 is 3.04 bits per heavy atom. The van der Waals surface area contributed by atoms with Gasteiger partial charge in [-0.15, -0.1) is 0 Å². The molecule has 2 amide bonds. The molecule has 0 radical (unpaired) electrons. The average molecular weight is 366 g/mol. The minimum atomic E-state index is -0.132. The highest BCUT2D eigenvalue weighted by molar-refractivity contribution is 5.92.